The summed E-state index contributed by atoms with van der Waals surface area (Å²) in [7, 11) is 0. The van der Waals surface area contributed by atoms with E-state index in [-0.39, 0.29) is 0 Å². The van der Waals surface area contributed by atoms with E-state index in [1.807, 2.05) is 35.6 Å². The minimum absolute atomic E-state index is 0.620. The lowest BCUT2D eigenvalue weighted by atomic mass is 10.2. The lowest BCUT2D eigenvalue weighted by molar-refractivity contribution is 0.833. The van der Waals surface area contributed by atoms with Crippen molar-refractivity contribution in [1.29, 1.82) is 0 Å². The molecule has 0 fully saturated rings. The van der Waals surface area contributed by atoms with Gasteiger partial charge in [0.1, 0.15) is 0 Å². The van der Waals surface area contributed by atoms with E-state index in [9.17, 15) is 0 Å². The predicted molar refractivity (Wildman–Crippen MR) is 140 cm³/mol. The lowest BCUT2D eigenvalue weighted by Crippen LogP contribution is -1.99. The monoisotopic (exact) mass is 452 g/mol. The van der Waals surface area contributed by atoms with Crippen molar-refractivity contribution >= 4 is 12.4 Å². The molecule has 0 spiro atoms. The molecule has 0 N–H and O–H groups in total. The van der Waals surface area contributed by atoms with Gasteiger partial charge in [-0.15, -0.1) is 0 Å². The van der Waals surface area contributed by atoms with Gasteiger partial charge in [0.15, 0.2) is 0 Å². The third-order valence-electron chi connectivity index (χ3n) is 6.05. The number of benzene rings is 2. The molecule has 0 unspecified atom stereocenters. The Labute approximate surface area is 201 Å². The molecule has 0 bridgehead atoms. The fraction of sp³-hybridized carbons (Fsp3) is 0.286. The van der Waals surface area contributed by atoms with Gasteiger partial charge in [-0.25, -0.2) is 9.36 Å². The van der Waals surface area contributed by atoms with Crippen molar-refractivity contribution in [2.24, 2.45) is 9.98 Å². The molecule has 4 rings (SSSR count). The van der Waals surface area contributed by atoms with Crippen LogP contribution in [0.5, 0.6) is 0 Å². The fourth-order valence-electron chi connectivity index (χ4n) is 3.99. The van der Waals surface area contributed by atoms with E-state index >= 15 is 0 Å². The van der Waals surface area contributed by atoms with Crippen LogP contribution >= 0.6 is 0 Å². The lowest BCUT2D eigenvalue weighted by Gasteiger charge is -2.04. The molecule has 2 aromatic carbocycles. The van der Waals surface area contributed by atoms with Crippen molar-refractivity contribution in [1.82, 2.24) is 19.6 Å². The molecule has 0 saturated heterocycles. The van der Waals surface area contributed by atoms with Crippen molar-refractivity contribution in [3.05, 3.63) is 93.6 Å². The molecular weight excluding hydrogens is 420 g/mol. The Balaban J connectivity index is 1.40. The van der Waals surface area contributed by atoms with Crippen LogP contribution in [-0.2, 0) is 0 Å². The van der Waals surface area contributed by atoms with Gasteiger partial charge in [0.2, 0.25) is 0 Å². The summed E-state index contributed by atoms with van der Waals surface area (Å²) >= 11 is 0. The minimum atomic E-state index is 0.620. The first kappa shape index (κ1) is 23.4. The Bertz CT molecular complexity index is 1230. The third kappa shape index (κ3) is 4.91. The number of nitrogens with zero attached hydrogens (tertiary/aromatic N) is 6. The summed E-state index contributed by atoms with van der Waals surface area (Å²) in [4.78, 5) is 9.22. The maximum absolute atomic E-state index is 4.70. The van der Waals surface area contributed by atoms with E-state index in [1.165, 1.54) is 11.1 Å². The minimum Gasteiger partial charge on any atom is -0.290 e. The van der Waals surface area contributed by atoms with E-state index in [1.54, 1.807) is 0 Å². The summed E-state index contributed by atoms with van der Waals surface area (Å²) in [6, 6.07) is 16.8. The predicted octanol–water partition coefficient (Wildman–Crippen LogP) is 5.45. The SMILES string of the molecule is Cc1ccc(-n2nc(C)c(C=NCCN=Cc3c(C)nn(-c4ccc(C)cc4)c3C)c2C)cc1. The molecule has 0 atom stereocenters. The van der Waals surface area contributed by atoms with Crippen LogP contribution in [0.15, 0.2) is 58.5 Å². The normalized spacial score (nSPS) is 11.8. The van der Waals surface area contributed by atoms with E-state index in [0.717, 1.165) is 45.3 Å². The second-order valence-electron chi connectivity index (χ2n) is 8.73. The highest BCUT2D eigenvalue weighted by molar-refractivity contribution is 5.83. The van der Waals surface area contributed by atoms with E-state index in [4.69, 9.17) is 10.2 Å². The number of hydrogen-bond donors (Lipinski definition) is 0. The Morgan fingerprint density at radius 2 is 0.941 bits per heavy atom. The Morgan fingerprint density at radius 3 is 1.29 bits per heavy atom. The van der Waals surface area contributed by atoms with Gasteiger partial charge < -0.3 is 0 Å². The van der Waals surface area contributed by atoms with Crippen LogP contribution in [0, 0.1) is 41.5 Å². The number of hydrogen-bond acceptors (Lipinski definition) is 4. The van der Waals surface area contributed by atoms with Crippen molar-refractivity contribution < 1.29 is 0 Å². The molecule has 6 heteroatoms. The molecule has 2 heterocycles. The topological polar surface area (TPSA) is 60.4 Å². The van der Waals surface area contributed by atoms with E-state index in [2.05, 4.69) is 86.2 Å². The van der Waals surface area contributed by atoms with Crippen LogP contribution in [0.3, 0.4) is 0 Å². The highest BCUT2D eigenvalue weighted by Gasteiger charge is 2.12. The van der Waals surface area contributed by atoms with Gasteiger partial charge in [-0.1, -0.05) is 35.4 Å². The number of aryl methyl sites for hydroxylation is 4. The molecule has 4 aromatic rings. The molecule has 0 aliphatic heterocycles. The smallest absolute Gasteiger partial charge is 0.0688 e. The Hall–Kier alpha value is -3.80. The van der Waals surface area contributed by atoms with Crippen LogP contribution in [0.25, 0.3) is 11.4 Å². The number of rotatable bonds is 7. The summed E-state index contributed by atoms with van der Waals surface area (Å²) in [5.41, 5.74) is 10.8. The zero-order chi connectivity index (χ0) is 24.2. The first-order valence-corrected chi connectivity index (χ1v) is 11.6. The second kappa shape index (κ2) is 10.00. The highest BCUT2D eigenvalue weighted by Crippen LogP contribution is 2.18. The first-order valence-electron chi connectivity index (χ1n) is 11.6. The summed E-state index contributed by atoms with van der Waals surface area (Å²) in [6.07, 6.45) is 3.84. The average Bonchev–Trinajstić information content (AvgIpc) is 3.26. The summed E-state index contributed by atoms with van der Waals surface area (Å²) in [5.74, 6) is 0. The largest absolute Gasteiger partial charge is 0.290 e. The quantitative estimate of drug-likeness (QED) is 0.277. The molecule has 2 aromatic heterocycles. The van der Waals surface area contributed by atoms with Crippen molar-refractivity contribution in [2.45, 2.75) is 41.5 Å². The van der Waals surface area contributed by atoms with Crippen LogP contribution in [0.1, 0.15) is 45.0 Å². The van der Waals surface area contributed by atoms with Crippen LogP contribution in [0.4, 0.5) is 0 Å². The van der Waals surface area contributed by atoms with Gasteiger partial charge >= 0.3 is 0 Å². The maximum Gasteiger partial charge on any atom is 0.0688 e. The molecule has 0 radical (unpaired) electrons. The molecule has 6 nitrogen and oxygen atoms in total. The number of aliphatic imine (C=N–C) groups is 2. The van der Waals surface area contributed by atoms with Crippen LogP contribution in [-0.4, -0.2) is 45.1 Å². The molecule has 0 amide bonds. The van der Waals surface area contributed by atoms with Crippen molar-refractivity contribution in [2.75, 3.05) is 13.1 Å². The van der Waals surface area contributed by atoms with Gasteiger partial charge in [-0.05, 0) is 65.8 Å². The highest BCUT2D eigenvalue weighted by atomic mass is 15.3. The van der Waals surface area contributed by atoms with Crippen molar-refractivity contribution in [3.8, 4) is 11.4 Å². The van der Waals surface area contributed by atoms with E-state index in [0.29, 0.717) is 13.1 Å². The molecule has 0 saturated carbocycles. The third-order valence-corrected chi connectivity index (χ3v) is 6.05. The molecule has 0 aliphatic carbocycles. The summed E-state index contributed by atoms with van der Waals surface area (Å²) in [5, 5.41) is 9.41. The first-order chi connectivity index (χ1) is 16.3. The molecule has 34 heavy (non-hydrogen) atoms. The van der Waals surface area contributed by atoms with Gasteiger partial charge in [0, 0.05) is 23.6 Å². The molecule has 174 valence electrons. The molecular formula is C28H32N6. The fourth-order valence-corrected chi connectivity index (χ4v) is 3.99. The second-order valence-corrected chi connectivity index (χ2v) is 8.73. The van der Waals surface area contributed by atoms with E-state index < -0.39 is 0 Å². The summed E-state index contributed by atoms with van der Waals surface area (Å²) < 4.78 is 3.96. The Morgan fingerprint density at radius 1 is 0.588 bits per heavy atom. The van der Waals surface area contributed by atoms with Gasteiger partial charge in [0.25, 0.3) is 0 Å². The zero-order valence-corrected chi connectivity index (χ0v) is 20.9. The zero-order valence-electron chi connectivity index (χ0n) is 20.9. The Kier molecular flexibility index (Phi) is 6.87. The standard InChI is InChI=1S/C28H32N6/c1-19-7-11-25(12-8-19)33-23(5)27(21(3)31-33)17-29-15-16-30-18-28-22(4)32-34(24(28)6)26-13-9-20(2)10-14-26/h7-14,17-18H,15-16H2,1-6H3. The maximum atomic E-state index is 4.70. The van der Waals surface area contributed by atoms with Gasteiger partial charge in [0.05, 0.1) is 47.2 Å². The van der Waals surface area contributed by atoms with Crippen molar-refractivity contribution in [3.63, 3.8) is 0 Å². The van der Waals surface area contributed by atoms with Crippen LogP contribution < -0.4 is 0 Å². The average molecular weight is 453 g/mol. The summed E-state index contributed by atoms with van der Waals surface area (Å²) in [6.45, 7) is 13.6. The van der Waals surface area contributed by atoms with Crippen LogP contribution in [0.2, 0.25) is 0 Å². The van der Waals surface area contributed by atoms with Gasteiger partial charge in [-0.3, -0.25) is 9.98 Å². The van der Waals surface area contributed by atoms with Gasteiger partial charge in [-0.2, -0.15) is 10.2 Å². The number of aromatic nitrogens is 4. The molecule has 0 aliphatic rings.